The summed E-state index contributed by atoms with van der Waals surface area (Å²) in [7, 11) is 0. The van der Waals surface area contributed by atoms with Gasteiger partial charge >= 0.3 is 0 Å². The molecule has 2 rings (SSSR count). The molecule has 0 aliphatic heterocycles. The molecule has 1 unspecified atom stereocenters. The average Bonchev–Trinajstić information content (AvgIpc) is 2.60. The molecule has 0 aromatic heterocycles. The normalized spacial score (nSPS) is 17.3. The lowest BCUT2D eigenvalue weighted by molar-refractivity contribution is 0.210. The number of allylic oxidation sites excluding steroid dienone is 4. The van der Waals surface area contributed by atoms with Crippen molar-refractivity contribution in [1.29, 1.82) is 0 Å². The lowest BCUT2D eigenvalue weighted by Crippen LogP contribution is -2.14. The van der Waals surface area contributed by atoms with E-state index in [0.717, 1.165) is 24.2 Å². The molecule has 1 atom stereocenters. The van der Waals surface area contributed by atoms with Crippen LogP contribution in [-0.4, -0.2) is 12.5 Å². The second-order valence-electron chi connectivity index (χ2n) is 5.87. The highest BCUT2D eigenvalue weighted by molar-refractivity contribution is 5.66. The maximum atomic E-state index is 11.4. The Morgan fingerprint density at radius 1 is 1.04 bits per heavy atom. The van der Waals surface area contributed by atoms with Gasteiger partial charge in [-0.05, 0) is 37.0 Å². The minimum absolute atomic E-state index is 0.125. The van der Waals surface area contributed by atoms with Gasteiger partial charge in [-0.25, -0.2) is 4.79 Å². The third kappa shape index (κ3) is 4.46. The average molecular weight is 310 g/mol. The van der Waals surface area contributed by atoms with E-state index in [9.17, 15) is 4.79 Å². The number of benzene rings is 1. The van der Waals surface area contributed by atoms with Crippen molar-refractivity contribution < 1.29 is 9.53 Å². The number of hydrogen-bond donors (Lipinski definition) is 0. The Kier molecular flexibility index (Phi) is 6.90. The fraction of sp³-hybridized carbons (Fsp3) is 0.429. The fourth-order valence-electron chi connectivity index (χ4n) is 3.05. The van der Waals surface area contributed by atoms with Crippen molar-refractivity contribution in [3.63, 3.8) is 0 Å². The molecule has 23 heavy (non-hydrogen) atoms. The van der Waals surface area contributed by atoms with Crippen molar-refractivity contribution in [2.75, 3.05) is 6.61 Å². The van der Waals surface area contributed by atoms with E-state index >= 15 is 0 Å². The minimum Gasteiger partial charge on any atom is -0.497 e. The van der Waals surface area contributed by atoms with Crippen LogP contribution >= 0.6 is 0 Å². The molecular formula is C21H26O2. The highest BCUT2D eigenvalue weighted by Crippen LogP contribution is 2.38. The standard InChI is InChI=1S/C21H26O2/c1-3-5-6-8-13-18-14-15-19(16-22)20(21(18)23-4-2)17-11-9-7-10-12-17/h7,9-12,14-15,20H,3-6,8,13H2,1-2H3. The molecule has 0 N–H and O–H groups in total. The lowest BCUT2D eigenvalue weighted by Gasteiger charge is -2.26. The molecule has 0 heterocycles. The van der Waals surface area contributed by atoms with Crippen LogP contribution in [0.25, 0.3) is 0 Å². The molecule has 1 aromatic rings. The smallest absolute Gasteiger partial charge is 0.129 e. The van der Waals surface area contributed by atoms with Gasteiger partial charge in [-0.1, -0.05) is 62.6 Å². The van der Waals surface area contributed by atoms with Crippen molar-refractivity contribution in [2.24, 2.45) is 0 Å². The molecule has 1 aromatic carbocycles. The van der Waals surface area contributed by atoms with Crippen molar-refractivity contribution in [3.05, 3.63) is 65.0 Å². The van der Waals surface area contributed by atoms with Gasteiger partial charge in [0, 0.05) is 0 Å². The fourth-order valence-corrected chi connectivity index (χ4v) is 3.05. The lowest BCUT2D eigenvalue weighted by atomic mass is 9.83. The van der Waals surface area contributed by atoms with E-state index < -0.39 is 0 Å². The zero-order valence-electron chi connectivity index (χ0n) is 14.2. The Morgan fingerprint density at radius 3 is 2.48 bits per heavy atom. The zero-order chi connectivity index (χ0) is 16.5. The summed E-state index contributed by atoms with van der Waals surface area (Å²) in [6.45, 7) is 4.82. The van der Waals surface area contributed by atoms with Crippen LogP contribution in [-0.2, 0) is 9.53 Å². The van der Waals surface area contributed by atoms with E-state index in [1.165, 1.54) is 24.8 Å². The molecule has 2 heteroatoms. The molecule has 0 spiro atoms. The van der Waals surface area contributed by atoms with E-state index in [1.54, 1.807) is 0 Å². The molecule has 0 fully saturated rings. The summed E-state index contributed by atoms with van der Waals surface area (Å²) in [4.78, 5) is 11.4. The van der Waals surface area contributed by atoms with Crippen molar-refractivity contribution in [2.45, 2.75) is 51.9 Å². The van der Waals surface area contributed by atoms with E-state index in [0.29, 0.717) is 12.2 Å². The van der Waals surface area contributed by atoms with Gasteiger partial charge in [-0.15, -0.1) is 0 Å². The van der Waals surface area contributed by atoms with E-state index in [1.807, 2.05) is 37.3 Å². The number of hydrogen-bond acceptors (Lipinski definition) is 2. The number of carbonyl (C=O) groups excluding carboxylic acids is 1. The van der Waals surface area contributed by atoms with Crippen molar-refractivity contribution in [1.82, 2.24) is 0 Å². The number of rotatable bonds is 8. The van der Waals surface area contributed by atoms with E-state index in [4.69, 9.17) is 4.74 Å². The Morgan fingerprint density at radius 2 is 1.83 bits per heavy atom. The summed E-state index contributed by atoms with van der Waals surface area (Å²) in [5.41, 5.74) is 2.96. The number of ether oxygens (including phenoxy) is 1. The summed E-state index contributed by atoms with van der Waals surface area (Å²) in [6, 6.07) is 10.1. The number of unbranched alkanes of at least 4 members (excludes halogenated alkanes) is 3. The molecule has 2 nitrogen and oxygen atoms in total. The van der Waals surface area contributed by atoms with Crippen LogP contribution < -0.4 is 0 Å². The predicted octanol–water partition coefficient (Wildman–Crippen LogP) is 5.36. The first-order valence-electron chi connectivity index (χ1n) is 8.65. The van der Waals surface area contributed by atoms with Crippen LogP contribution in [0.3, 0.4) is 0 Å². The largest absolute Gasteiger partial charge is 0.497 e. The predicted molar refractivity (Wildman–Crippen MR) is 94.9 cm³/mol. The molecule has 0 saturated heterocycles. The van der Waals surface area contributed by atoms with Crippen molar-refractivity contribution in [3.8, 4) is 0 Å². The van der Waals surface area contributed by atoms with Crippen molar-refractivity contribution >= 4 is 5.94 Å². The molecule has 0 amide bonds. The summed E-state index contributed by atoms with van der Waals surface area (Å²) < 4.78 is 5.98. The summed E-state index contributed by atoms with van der Waals surface area (Å²) in [5, 5.41) is 0. The molecule has 1 aliphatic rings. The zero-order valence-corrected chi connectivity index (χ0v) is 14.2. The van der Waals surface area contributed by atoms with E-state index in [2.05, 4.69) is 25.0 Å². The molecular weight excluding hydrogens is 284 g/mol. The highest BCUT2D eigenvalue weighted by Gasteiger charge is 2.27. The van der Waals surface area contributed by atoms with Gasteiger partial charge in [0.05, 0.1) is 18.1 Å². The first-order chi connectivity index (χ1) is 11.3. The van der Waals surface area contributed by atoms with Gasteiger partial charge < -0.3 is 4.74 Å². The van der Waals surface area contributed by atoms with Gasteiger partial charge in [0.15, 0.2) is 0 Å². The second-order valence-corrected chi connectivity index (χ2v) is 5.87. The third-order valence-corrected chi connectivity index (χ3v) is 4.20. The van der Waals surface area contributed by atoms with Crippen LogP contribution in [0, 0.1) is 0 Å². The van der Waals surface area contributed by atoms with Crippen LogP contribution in [0.2, 0.25) is 0 Å². The summed E-state index contributed by atoms with van der Waals surface area (Å²) in [5.74, 6) is 2.91. The Balaban J connectivity index is 2.32. The quantitative estimate of drug-likeness (QED) is 0.477. The molecule has 1 aliphatic carbocycles. The summed E-state index contributed by atoms with van der Waals surface area (Å²) in [6.07, 6.45) is 9.84. The first kappa shape index (κ1) is 17.3. The van der Waals surface area contributed by atoms with Gasteiger partial charge in [-0.3, -0.25) is 0 Å². The third-order valence-electron chi connectivity index (χ3n) is 4.20. The highest BCUT2D eigenvalue weighted by atomic mass is 16.5. The van der Waals surface area contributed by atoms with Gasteiger partial charge in [0.25, 0.3) is 0 Å². The first-order valence-corrected chi connectivity index (χ1v) is 8.65. The van der Waals surface area contributed by atoms with Gasteiger partial charge in [0.1, 0.15) is 11.7 Å². The maximum Gasteiger partial charge on any atom is 0.129 e. The minimum atomic E-state index is -0.125. The Hall–Kier alpha value is -2.05. The molecule has 0 saturated carbocycles. The summed E-state index contributed by atoms with van der Waals surface area (Å²) >= 11 is 0. The van der Waals surface area contributed by atoms with Crippen LogP contribution in [0.1, 0.15) is 57.4 Å². The maximum absolute atomic E-state index is 11.4. The molecule has 0 bridgehead atoms. The molecule has 0 radical (unpaired) electrons. The van der Waals surface area contributed by atoms with E-state index in [-0.39, 0.29) is 5.92 Å². The monoisotopic (exact) mass is 310 g/mol. The Labute approximate surface area is 139 Å². The van der Waals surface area contributed by atoms with Crippen LogP contribution in [0.5, 0.6) is 0 Å². The Bertz CT molecular complexity index is 604. The molecule has 122 valence electrons. The van der Waals surface area contributed by atoms with Gasteiger partial charge in [-0.2, -0.15) is 0 Å². The topological polar surface area (TPSA) is 26.3 Å². The SMILES string of the molecule is CCCCCCC1=C(OCC)C(c2ccccc2)C(=C=O)C=C1. The van der Waals surface area contributed by atoms with Crippen LogP contribution in [0.4, 0.5) is 0 Å². The van der Waals surface area contributed by atoms with Gasteiger partial charge in [0.2, 0.25) is 0 Å². The second kappa shape index (κ2) is 9.17. The van der Waals surface area contributed by atoms with Crippen LogP contribution in [0.15, 0.2) is 59.4 Å².